The Balaban J connectivity index is 3.30. The third-order valence-electron chi connectivity index (χ3n) is 4.69. The highest BCUT2D eigenvalue weighted by molar-refractivity contribution is 7.55. The van der Waals surface area contributed by atoms with Gasteiger partial charge in [-0.15, -0.1) is 0 Å². The van der Waals surface area contributed by atoms with Gasteiger partial charge in [0.15, 0.2) is 5.66 Å². The summed E-state index contributed by atoms with van der Waals surface area (Å²) in [6.45, 7) is 14.2. The first-order valence-corrected chi connectivity index (χ1v) is 10.6. The molecule has 1 fully saturated rings. The van der Waals surface area contributed by atoms with Gasteiger partial charge in [0.2, 0.25) is 0 Å². The number of hydrogen-bond donors (Lipinski definition) is 0. The molecule has 5 nitrogen and oxygen atoms in total. The van der Waals surface area contributed by atoms with Gasteiger partial charge in [-0.25, -0.2) is 0 Å². The highest BCUT2D eigenvalue weighted by Gasteiger charge is 2.51. The second kappa shape index (κ2) is 9.74. The molecule has 0 radical (unpaired) electrons. The summed E-state index contributed by atoms with van der Waals surface area (Å²) in [5.74, 6) is -0.0219. The van der Waals surface area contributed by atoms with Gasteiger partial charge in [-0.1, -0.05) is 25.5 Å². The maximum atomic E-state index is 13.4. The molecule has 0 aromatic rings. The van der Waals surface area contributed by atoms with Crippen LogP contribution in [0.15, 0.2) is 12.2 Å². The Morgan fingerprint density at radius 1 is 1.17 bits per heavy atom. The number of hydrogen-bond acceptors (Lipinski definition) is 5. The molecule has 1 rings (SSSR count). The van der Waals surface area contributed by atoms with Crippen LogP contribution in [-0.4, -0.2) is 31.4 Å². The van der Waals surface area contributed by atoms with E-state index in [2.05, 4.69) is 13.5 Å². The highest BCUT2D eigenvalue weighted by Crippen LogP contribution is 2.59. The van der Waals surface area contributed by atoms with Gasteiger partial charge in [-0.05, 0) is 58.3 Å². The molecule has 0 saturated heterocycles. The van der Waals surface area contributed by atoms with E-state index in [0.29, 0.717) is 5.92 Å². The largest absolute Gasteiger partial charge is 0.465 e. The molecule has 0 aromatic heterocycles. The Labute approximate surface area is 146 Å². The summed E-state index contributed by atoms with van der Waals surface area (Å²) in [6, 6.07) is 0. The summed E-state index contributed by atoms with van der Waals surface area (Å²) in [4.78, 5) is 12.7. The molecule has 0 bridgehead atoms. The second-order valence-corrected chi connectivity index (χ2v) is 8.76. The van der Waals surface area contributed by atoms with Crippen LogP contribution in [0.4, 0.5) is 0 Å². The van der Waals surface area contributed by atoms with E-state index in [1.165, 1.54) is 0 Å². The van der Waals surface area contributed by atoms with Gasteiger partial charge in [-0.2, -0.15) is 0 Å². The fourth-order valence-electron chi connectivity index (χ4n) is 3.71. The van der Waals surface area contributed by atoms with E-state index in [0.717, 1.165) is 24.8 Å². The van der Waals surface area contributed by atoms with E-state index >= 15 is 0 Å². The zero-order valence-corrected chi connectivity index (χ0v) is 16.6. The lowest BCUT2D eigenvalue weighted by molar-refractivity contribution is -0.145. The molecular weight excluding hydrogens is 327 g/mol. The van der Waals surface area contributed by atoms with E-state index in [1.807, 2.05) is 6.92 Å². The Bertz CT molecular complexity index is 466. The maximum absolute atomic E-state index is 13.4. The van der Waals surface area contributed by atoms with Crippen LogP contribution in [-0.2, 0) is 23.1 Å². The quantitative estimate of drug-likeness (QED) is 0.335. The normalized spacial score (nSPS) is 26.0. The summed E-state index contributed by atoms with van der Waals surface area (Å²) in [6.07, 6.45) is 2.82. The highest BCUT2D eigenvalue weighted by atomic mass is 31.2. The molecule has 0 heterocycles. The lowest BCUT2D eigenvalue weighted by atomic mass is 9.70. The van der Waals surface area contributed by atoms with Crippen molar-refractivity contribution in [1.82, 2.24) is 0 Å². The summed E-state index contributed by atoms with van der Waals surface area (Å²) in [7, 11) is -3.60. The van der Waals surface area contributed by atoms with Crippen molar-refractivity contribution in [3.05, 3.63) is 12.2 Å². The van der Waals surface area contributed by atoms with Gasteiger partial charge in [-0.3, -0.25) is 9.36 Å². The van der Waals surface area contributed by atoms with Crippen molar-refractivity contribution in [2.24, 2.45) is 17.8 Å². The third kappa shape index (κ3) is 5.18. The lowest BCUT2D eigenvalue weighted by Crippen LogP contribution is -2.40. The average molecular weight is 360 g/mol. The molecule has 24 heavy (non-hydrogen) atoms. The SMILES string of the molecule is C=C(C)[C@H]1CC[C@H](C)C[C@@H]1[C@H](C(=O)OCC)P(=O)(OCC)OCC. The van der Waals surface area contributed by atoms with Crippen molar-refractivity contribution in [2.45, 2.75) is 59.5 Å². The minimum atomic E-state index is -3.60. The fourth-order valence-corrected chi connectivity index (χ4v) is 5.96. The van der Waals surface area contributed by atoms with Gasteiger partial charge in [0.1, 0.15) is 0 Å². The van der Waals surface area contributed by atoms with Crippen molar-refractivity contribution in [2.75, 3.05) is 19.8 Å². The third-order valence-corrected chi connectivity index (χ3v) is 7.20. The van der Waals surface area contributed by atoms with Gasteiger partial charge >= 0.3 is 13.6 Å². The summed E-state index contributed by atoms with van der Waals surface area (Å²) in [5.41, 5.74) is 0.127. The van der Waals surface area contributed by atoms with E-state index in [9.17, 15) is 9.36 Å². The monoisotopic (exact) mass is 360 g/mol. The molecule has 1 aliphatic rings. The van der Waals surface area contributed by atoms with Gasteiger partial charge in [0.05, 0.1) is 19.8 Å². The Kier molecular flexibility index (Phi) is 8.69. The van der Waals surface area contributed by atoms with E-state index in [-0.39, 0.29) is 31.7 Å². The van der Waals surface area contributed by atoms with Crippen LogP contribution in [0, 0.1) is 17.8 Å². The Hall–Kier alpha value is -0.640. The van der Waals surface area contributed by atoms with Gasteiger partial charge in [0, 0.05) is 0 Å². The molecule has 0 unspecified atom stereocenters. The Morgan fingerprint density at radius 2 is 1.75 bits per heavy atom. The Morgan fingerprint density at radius 3 is 2.21 bits per heavy atom. The zero-order valence-electron chi connectivity index (χ0n) is 15.7. The van der Waals surface area contributed by atoms with E-state index < -0.39 is 19.2 Å². The molecule has 0 amide bonds. The molecule has 0 aromatic carbocycles. The molecule has 0 N–H and O–H groups in total. The molecular formula is C18H33O5P. The van der Waals surface area contributed by atoms with Crippen LogP contribution in [0.2, 0.25) is 0 Å². The fraction of sp³-hybridized carbons (Fsp3) is 0.833. The van der Waals surface area contributed by atoms with Gasteiger partial charge in [0.25, 0.3) is 0 Å². The summed E-state index contributed by atoms with van der Waals surface area (Å²) in [5, 5.41) is 0. The van der Waals surface area contributed by atoms with Crippen LogP contribution < -0.4 is 0 Å². The van der Waals surface area contributed by atoms with Crippen LogP contribution in [0.5, 0.6) is 0 Å². The van der Waals surface area contributed by atoms with Crippen LogP contribution in [0.25, 0.3) is 0 Å². The van der Waals surface area contributed by atoms with Gasteiger partial charge < -0.3 is 13.8 Å². The van der Waals surface area contributed by atoms with Crippen LogP contribution in [0.3, 0.4) is 0 Å². The molecule has 0 aliphatic heterocycles. The molecule has 1 aliphatic carbocycles. The summed E-state index contributed by atoms with van der Waals surface area (Å²) < 4.78 is 29.7. The number of carbonyl (C=O) groups is 1. The number of ether oxygens (including phenoxy) is 1. The van der Waals surface area contributed by atoms with E-state index in [1.54, 1.807) is 20.8 Å². The number of allylic oxidation sites excluding steroid dienone is 1. The second-order valence-electron chi connectivity index (χ2n) is 6.61. The predicted octanol–water partition coefficient (Wildman–Crippen LogP) is 4.81. The van der Waals surface area contributed by atoms with Crippen molar-refractivity contribution < 1.29 is 23.1 Å². The molecule has 140 valence electrons. The first-order chi connectivity index (χ1) is 11.3. The average Bonchev–Trinajstić information content (AvgIpc) is 2.47. The summed E-state index contributed by atoms with van der Waals surface area (Å²) >= 11 is 0. The minimum Gasteiger partial charge on any atom is -0.465 e. The number of rotatable bonds is 9. The molecule has 0 spiro atoms. The number of carbonyl (C=O) groups excluding carboxylic acids is 1. The minimum absolute atomic E-state index is 0.129. The van der Waals surface area contributed by atoms with E-state index in [4.69, 9.17) is 13.8 Å². The first kappa shape index (κ1) is 21.4. The lowest BCUT2D eigenvalue weighted by Gasteiger charge is -2.40. The molecule has 1 saturated carbocycles. The zero-order chi connectivity index (χ0) is 18.3. The molecule has 6 heteroatoms. The van der Waals surface area contributed by atoms with Crippen LogP contribution in [0.1, 0.15) is 53.9 Å². The van der Waals surface area contributed by atoms with Crippen molar-refractivity contribution in [3.63, 3.8) is 0 Å². The maximum Gasteiger partial charge on any atom is 0.345 e. The number of esters is 1. The topological polar surface area (TPSA) is 61.8 Å². The van der Waals surface area contributed by atoms with Crippen molar-refractivity contribution in [3.8, 4) is 0 Å². The van der Waals surface area contributed by atoms with Crippen molar-refractivity contribution >= 4 is 13.6 Å². The molecule has 4 atom stereocenters. The predicted molar refractivity (Wildman–Crippen MR) is 96.1 cm³/mol. The van der Waals surface area contributed by atoms with Crippen molar-refractivity contribution in [1.29, 1.82) is 0 Å². The first-order valence-electron chi connectivity index (χ1n) is 9.01. The van der Waals surface area contributed by atoms with Crippen LogP contribution >= 0.6 is 7.60 Å². The standard InChI is InChI=1S/C18H33O5P/c1-7-21-18(19)17(24(20,22-8-2)23-9-3)16-12-14(6)10-11-15(16)13(4)5/h14-17H,4,7-12H2,1-3,5-6H3/t14-,15+,16-,17+/m0/s1. The smallest absolute Gasteiger partial charge is 0.345 e.